The third-order valence-electron chi connectivity index (χ3n) is 3.45. The number of rotatable bonds is 4. The topological polar surface area (TPSA) is 37.4 Å². The van der Waals surface area contributed by atoms with Gasteiger partial charge < -0.3 is 10.2 Å². The van der Waals surface area contributed by atoms with E-state index in [1.807, 2.05) is 25.1 Å². The molecule has 0 spiro atoms. The summed E-state index contributed by atoms with van der Waals surface area (Å²) in [5.41, 5.74) is 3.42. The summed E-state index contributed by atoms with van der Waals surface area (Å²) in [5, 5.41) is 2.31. The molecule has 0 amide bonds. The van der Waals surface area contributed by atoms with Gasteiger partial charge in [-0.1, -0.05) is 12.5 Å². The zero-order chi connectivity index (χ0) is 13.0. The number of nitrogens with zero attached hydrogens (tertiary/aromatic N) is 2. The molecule has 1 aliphatic rings. The van der Waals surface area contributed by atoms with E-state index < -0.39 is 0 Å². The predicted octanol–water partition coefficient (Wildman–Crippen LogP) is 3.07. The van der Waals surface area contributed by atoms with Gasteiger partial charge in [0, 0.05) is 18.2 Å². The highest BCUT2D eigenvalue weighted by Crippen LogP contribution is 2.23. The lowest BCUT2D eigenvalue weighted by Gasteiger charge is -2.39. The maximum absolute atomic E-state index is 5.42. The number of anilines is 1. The second-order valence-electron chi connectivity index (χ2n) is 4.94. The highest BCUT2D eigenvalue weighted by Gasteiger charge is 2.24. The number of ether oxygens (including phenoxy) is 1. The van der Waals surface area contributed by atoms with Crippen LogP contribution >= 0.6 is 0 Å². The second kappa shape index (κ2) is 6.05. The molecule has 4 heteroatoms. The molecule has 4 nitrogen and oxygen atoms in total. The van der Waals surface area contributed by atoms with E-state index in [-0.39, 0.29) is 0 Å². The van der Waals surface area contributed by atoms with Crippen molar-refractivity contribution in [3.05, 3.63) is 18.2 Å². The zero-order valence-corrected chi connectivity index (χ0v) is 11.5. The minimum Gasteiger partial charge on any atom is -0.478 e. The molecule has 1 aromatic heterocycles. The monoisotopic (exact) mass is 249 g/mol. The van der Waals surface area contributed by atoms with Gasteiger partial charge in [-0.2, -0.15) is 4.98 Å². The molecule has 1 aromatic rings. The van der Waals surface area contributed by atoms with Crippen LogP contribution in [0.5, 0.6) is 5.88 Å². The molecule has 2 atom stereocenters. The van der Waals surface area contributed by atoms with Crippen LogP contribution in [0.15, 0.2) is 18.2 Å². The van der Waals surface area contributed by atoms with Crippen LogP contribution < -0.4 is 10.2 Å². The van der Waals surface area contributed by atoms with Gasteiger partial charge in [-0.15, -0.1) is 0 Å². The average molecular weight is 249 g/mol. The van der Waals surface area contributed by atoms with E-state index in [0.29, 0.717) is 24.6 Å². The van der Waals surface area contributed by atoms with Crippen molar-refractivity contribution in [2.75, 3.05) is 12.0 Å². The number of piperidine rings is 1. The van der Waals surface area contributed by atoms with E-state index in [1.54, 1.807) is 0 Å². The van der Waals surface area contributed by atoms with E-state index >= 15 is 0 Å². The predicted molar refractivity (Wildman–Crippen MR) is 73.6 cm³/mol. The van der Waals surface area contributed by atoms with Gasteiger partial charge in [0.15, 0.2) is 0 Å². The minimum atomic E-state index is 0.547. The van der Waals surface area contributed by atoms with Gasteiger partial charge in [-0.25, -0.2) is 5.01 Å². The van der Waals surface area contributed by atoms with Gasteiger partial charge in [-0.05, 0) is 39.7 Å². The van der Waals surface area contributed by atoms with E-state index in [2.05, 4.69) is 29.3 Å². The van der Waals surface area contributed by atoms with Crippen molar-refractivity contribution in [1.82, 2.24) is 9.99 Å². The third kappa shape index (κ3) is 3.13. The summed E-state index contributed by atoms with van der Waals surface area (Å²) < 4.78 is 5.42. The zero-order valence-electron chi connectivity index (χ0n) is 11.5. The van der Waals surface area contributed by atoms with Crippen LogP contribution in [0.1, 0.15) is 40.0 Å². The Morgan fingerprint density at radius 1 is 1.33 bits per heavy atom. The number of hydrogen-bond acceptors (Lipinski definition) is 4. The lowest BCUT2D eigenvalue weighted by Crippen LogP contribution is -2.47. The summed E-state index contributed by atoms with van der Waals surface area (Å²) in [6, 6.07) is 6.94. The maximum atomic E-state index is 5.42. The molecule has 0 saturated carbocycles. The summed E-state index contributed by atoms with van der Waals surface area (Å²) in [4.78, 5) is 4.45. The number of nitrogens with one attached hydrogen (secondary N) is 1. The molecule has 18 heavy (non-hydrogen) atoms. The quantitative estimate of drug-likeness (QED) is 0.890. The van der Waals surface area contributed by atoms with Gasteiger partial charge in [0.1, 0.15) is 5.82 Å². The molecule has 2 unspecified atom stereocenters. The van der Waals surface area contributed by atoms with Crippen LogP contribution in [0.25, 0.3) is 0 Å². The van der Waals surface area contributed by atoms with E-state index in [0.717, 1.165) is 5.82 Å². The second-order valence-corrected chi connectivity index (χ2v) is 4.94. The van der Waals surface area contributed by atoms with Crippen LogP contribution in [-0.4, -0.2) is 28.7 Å². The van der Waals surface area contributed by atoms with E-state index in [4.69, 9.17) is 4.74 Å². The molecule has 0 radical (unpaired) electrons. The van der Waals surface area contributed by atoms with Crippen LogP contribution in [-0.2, 0) is 0 Å². The molecule has 1 aliphatic heterocycles. The molecule has 1 fully saturated rings. The molecular weight excluding hydrogens is 226 g/mol. The first-order chi connectivity index (χ1) is 8.70. The Morgan fingerprint density at radius 3 is 2.72 bits per heavy atom. The fourth-order valence-corrected chi connectivity index (χ4v) is 2.48. The molecular formula is C14H23N3O. The summed E-state index contributed by atoms with van der Waals surface area (Å²) in [5.74, 6) is 1.54. The number of aromatic nitrogens is 1. The minimum absolute atomic E-state index is 0.547. The fourth-order valence-electron chi connectivity index (χ4n) is 2.48. The summed E-state index contributed by atoms with van der Waals surface area (Å²) in [6.45, 7) is 7.13. The Bertz CT molecular complexity index is 373. The summed E-state index contributed by atoms with van der Waals surface area (Å²) in [6.07, 6.45) is 3.79. The molecule has 2 heterocycles. The molecule has 0 aliphatic carbocycles. The number of hydrazine groups is 1. The van der Waals surface area contributed by atoms with E-state index in [1.165, 1.54) is 19.3 Å². The molecule has 1 N–H and O–H groups in total. The first kappa shape index (κ1) is 13.1. The lowest BCUT2D eigenvalue weighted by atomic mass is 10.00. The van der Waals surface area contributed by atoms with Crippen molar-refractivity contribution in [2.45, 2.75) is 52.1 Å². The summed E-state index contributed by atoms with van der Waals surface area (Å²) in [7, 11) is 0. The SMILES string of the molecule is CCOc1cccc(NN2C(C)CCCC2C)n1. The third-order valence-corrected chi connectivity index (χ3v) is 3.45. The van der Waals surface area contributed by atoms with E-state index in [9.17, 15) is 0 Å². The highest BCUT2D eigenvalue weighted by molar-refractivity contribution is 5.36. The molecule has 100 valence electrons. The van der Waals surface area contributed by atoms with Crippen LogP contribution in [0.3, 0.4) is 0 Å². The number of hydrogen-bond donors (Lipinski definition) is 1. The molecule has 2 rings (SSSR count). The van der Waals surface area contributed by atoms with Gasteiger partial charge in [0.25, 0.3) is 0 Å². The van der Waals surface area contributed by atoms with Crippen molar-refractivity contribution in [3.63, 3.8) is 0 Å². The Labute approximate surface area is 109 Å². The Hall–Kier alpha value is -1.29. The van der Waals surface area contributed by atoms with Crippen LogP contribution in [0.2, 0.25) is 0 Å². The molecule has 1 saturated heterocycles. The van der Waals surface area contributed by atoms with Crippen molar-refractivity contribution in [1.29, 1.82) is 0 Å². The van der Waals surface area contributed by atoms with Crippen molar-refractivity contribution in [3.8, 4) is 5.88 Å². The van der Waals surface area contributed by atoms with Crippen LogP contribution in [0, 0.1) is 0 Å². The Balaban J connectivity index is 2.05. The molecule has 0 aromatic carbocycles. The first-order valence-corrected chi connectivity index (χ1v) is 6.85. The normalized spacial score (nSPS) is 24.8. The van der Waals surface area contributed by atoms with Gasteiger partial charge >= 0.3 is 0 Å². The summed E-state index contributed by atoms with van der Waals surface area (Å²) >= 11 is 0. The lowest BCUT2D eigenvalue weighted by molar-refractivity contribution is 0.135. The smallest absolute Gasteiger partial charge is 0.215 e. The maximum Gasteiger partial charge on any atom is 0.215 e. The Morgan fingerprint density at radius 2 is 2.06 bits per heavy atom. The van der Waals surface area contributed by atoms with Crippen LogP contribution in [0.4, 0.5) is 5.82 Å². The fraction of sp³-hybridized carbons (Fsp3) is 0.643. The average Bonchev–Trinajstić information content (AvgIpc) is 2.35. The van der Waals surface area contributed by atoms with Gasteiger partial charge in [0.2, 0.25) is 5.88 Å². The first-order valence-electron chi connectivity index (χ1n) is 6.85. The highest BCUT2D eigenvalue weighted by atomic mass is 16.5. The van der Waals surface area contributed by atoms with Crippen molar-refractivity contribution in [2.24, 2.45) is 0 Å². The molecule has 0 bridgehead atoms. The Kier molecular flexibility index (Phi) is 4.42. The van der Waals surface area contributed by atoms with Crippen molar-refractivity contribution < 1.29 is 4.74 Å². The van der Waals surface area contributed by atoms with Crippen molar-refractivity contribution >= 4 is 5.82 Å². The number of pyridine rings is 1. The standard InChI is InChI=1S/C14H23N3O/c1-4-18-14-10-6-9-13(15-14)16-17-11(2)7-5-8-12(17)3/h6,9-12H,4-5,7-8H2,1-3H3,(H,15,16). The van der Waals surface area contributed by atoms with Gasteiger partial charge in [-0.3, -0.25) is 0 Å². The van der Waals surface area contributed by atoms with Gasteiger partial charge in [0.05, 0.1) is 6.61 Å². The largest absolute Gasteiger partial charge is 0.478 e.